The Kier molecular flexibility index (Phi) is 1.98. The SMILES string of the molecule is CCCC1Cc2ccncc2N1. The molecule has 1 aliphatic heterocycles. The van der Waals surface area contributed by atoms with Crippen LogP contribution in [0.4, 0.5) is 5.69 Å². The summed E-state index contributed by atoms with van der Waals surface area (Å²) in [5.74, 6) is 0. The first-order valence-corrected chi connectivity index (χ1v) is 4.59. The molecular formula is C10H14N2. The topological polar surface area (TPSA) is 24.9 Å². The molecule has 1 aromatic heterocycles. The second-order valence-electron chi connectivity index (χ2n) is 3.37. The molecule has 1 unspecified atom stereocenters. The standard InChI is InChI=1S/C10H14N2/c1-2-3-9-6-8-4-5-11-7-10(8)12-9/h4-5,7,9,12H,2-3,6H2,1H3. The van der Waals surface area contributed by atoms with Gasteiger partial charge in [0, 0.05) is 12.2 Å². The van der Waals surface area contributed by atoms with Crippen molar-refractivity contribution in [2.24, 2.45) is 0 Å². The van der Waals surface area contributed by atoms with E-state index in [1.54, 1.807) is 0 Å². The monoisotopic (exact) mass is 162 g/mol. The van der Waals surface area contributed by atoms with E-state index in [1.807, 2.05) is 12.4 Å². The van der Waals surface area contributed by atoms with Gasteiger partial charge in [0.15, 0.2) is 0 Å². The smallest absolute Gasteiger partial charge is 0.0562 e. The first kappa shape index (κ1) is 7.59. The van der Waals surface area contributed by atoms with Gasteiger partial charge in [0.1, 0.15) is 0 Å². The summed E-state index contributed by atoms with van der Waals surface area (Å²) in [5.41, 5.74) is 2.65. The second kappa shape index (κ2) is 3.13. The fourth-order valence-corrected chi connectivity index (χ4v) is 1.79. The minimum Gasteiger partial charge on any atom is -0.381 e. The van der Waals surface area contributed by atoms with Crippen LogP contribution in [-0.2, 0) is 6.42 Å². The Bertz CT molecular complexity index is 245. The first-order chi connectivity index (χ1) is 5.90. The maximum atomic E-state index is 4.09. The van der Waals surface area contributed by atoms with Gasteiger partial charge in [-0.2, -0.15) is 0 Å². The number of aromatic nitrogens is 1. The molecule has 0 saturated carbocycles. The van der Waals surface area contributed by atoms with E-state index in [1.165, 1.54) is 30.5 Å². The van der Waals surface area contributed by atoms with E-state index in [0.29, 0.717) is 6.04 Å². The Morgan fingerprint density at radius 2 is 2.58 bits per heavy atom. The predicted octanol–water partition coefficient (Wildman–Crippen LogP) is 2.22. The lowest BCUT2D eigenvalue weighted by molar-refractivity contribution is 0.661. The molecule has 0 aromatic carbocycles. The van der Waals surface area contributed by atoms with Gasteiger partial charge < -0.3 is 5.32 Å². The molecule has 2 rings (SSSR count). The van der Waals surface area contributed by atoms with Gasteiger partial charge in [-0.05, 0) is 24.5 Å². The zero-order valence-corrected chi connectivity index (χ0v) is 7.38. The summed E-state index contributed by atoms with van der Waals surface area (Å²) >= 11 is 0. The third kappa shape index (κ3) is 1.29. The Labute approximate surface area is 73.0 Å². The number of hydrogen-bond acceptors (Lipinski definition) is 2. The summed E-state index contributed by atoms with van der Waals surface area (Å²) in [6, 6.07) is 2.76. The van der Waals surface area contributed by atoms with Gasteiger partial charge in [-0.25, -0.2) is 0 Å². The van der Waals surface area contributed by atoms with Crippen LogP contribution in [0.3, 0.4) is 0 Å². The molecule has 1 aromatic rings. The van der Waals surface area contributed by atoms with E-state index < -0.39 is 0 Å². The zero-order valence-electron chi connectivity index (χ0n) is 7.38. The molecule has 0 radical (unpaired) electrons. The average Bonchev–Trinajstić information content (AvgIpc) is 2.47. The third-order valence-corrected chi connectivity index (χ3v) is 2.37. The molecule has 0 aliphatic carbocycles. The Hall–Kier alpha value is -1.05. The quantitative estimate of drug-likeness (QED) is 0.721. The van der Waals surface area contributed by atoms with Crippen LogP contribution in [0.1, 0.15) is 25.3 Å². The summed E-state index contributed by atoms with van der Waals surface area (Å²) < 4.78 is 0. The van der Waals surface area contributed by atoms with Gasteiger partial charge in [-0.15, -0.1) is 0 Å². The predicted molar refractivity (Wildman–Crippen MR) is 50.3 cm³/mol. The van der Waals surface area contributed by atoms with Crippen LogP contribution in [0, 0.1) is 0 Å². The summed E-state index contributed by atoms with van der Waals surface area (Å²) in [5, 5.41) is 3.47. The summed E-state index contributed by atoms with van der Waals surface area (Å²) in [6.45, 7) is 2.23. The number of fused-ring (bicyclic) bond motifs is 1. The number of anilines is 1. The number of nitrogens with one attached hydrogen (secondary N) is 1. The average molecular weight is 162 g/mol. The summed E-state index contributed by atoms with van der Waals surface area (Å²) in [7, 11) is 0. The highest BCUT2D eigenvalue weighted by Gasteiger charge is 2.18. The van der Waals surface area contributed by atoms with Crippen molar-refractivity contribution in [2.75, 3.05) is 5.32 Å². The maximum absolute atomic E-state index is 4.09. The van der Waals surface area contributed by atoms with Gasteiger partial charge in [-0.1, -0.05) is 13.3 Å². The van der Waals surface area contributed by atoms with E-state index >= 15 is 0 Å². The molecule has 1 atom stereocenters. The van der Waals surface area contributed by atoms with E-state index in [-0.39, 0.29) is 0 Å². The molecule has 2 nitrogen and oxygen atoms in total. The maximum Gasteiger partial charge on any atom is 0.0562 e. The first-order valence-electron chi connectivity index (χ1n) is 4.59. The van der Waals surface area contributed by atoms with Crippen LogP contribution in [0.25, 0.3) is 0 Å². The highest BCUT2D eigenvalue weighted by molar-refractivity contribution is 5.54. The minimum absolute atomic E-state index is 0.647. The van der Waals surface area contributed by atoms with Crippen LogP contribution < -0.4 is 5.32 Å². The highest BCUT2D eigenvalue weighted by Crippen LogP contribution is 2.25. The van der Waals surface area contributed by atoms with Crippen LogP contribution in [0.5, 0.6) is 0 Å². The van der Waals surface area contributed by atoms with Gasteiger partial charge in [-0.3, -0.25) is 4.98 Å². The van der Waals surface area contributed by atoms with Gasteiger partial charge in [0.2, 0.25) is 0 Å². The Balaban J connectivity index is 2.11. The molecule has 0 fully saturated rings. The lowest BCUT2D eigenvalue weighted by atomic mass is 10.1. The third-order valence-electron chi connectivity index (χ3n) is 2.37. The summed E-state index contributed by atoms with van der Waals surface area (Å²) in [4.78, 5) is 4.09. The van der Waals surface area contributed by atoms with Crippen molar-refractivity contribution in [3.05, 3.63) is 24.0 Å². The van der Waals surface area contributed by atoms with Crippen LogP contribution in [0.2, 0.25) is 0 Å². The van der Waals surface area contributed by atoms with Crippen molar-refractivity contribution in [2.45, 2.75) is 32.2 Å². The molecule has 0 amide bonds. The largest absolute Gasteiger partial charge is 0.381 e. The van der Waals surface area contributed by atoms with Crippen molar-refractivity contribution in [3.8, 4) is 0 Å². The normalized spacial score (nSPS) is 20.2. The van der Waals surface area contributed by atoms with Gasteiger partial charge in [0.05, 0.1) is 11.9 Å². The lowest BCUT2D eigenvalue weighted by Gasteiger charge is -2.07. The van der Waals surface area contributed by atoms with E-state index in [9.17, 15) is 0 Å². The molecular weight excluding hydrogens is 148 g/mol. The Morgan fingerprint density at radius 1 is 1.67 bits per heavy atom. The molecule has 1 N–H and O–H groups in total. The number of hydrogen-bond donors (Lipinski definition) is 1. The van der Waals surface area contributed by atoms with E-state index in [2.05, 4.69) is 23.3 Å². The van der Waals surface area contributed by atoms with Crippen LogP contribution in [-0.4, -0.2) is 11.0 Å². The molecule has 1 aliphatic rings. The summed E-state index contributed by atoms with van der Waals surface area (Å²) in [6.07, 6.45) is 7.47. The zero-order chi connectivity index (χ0) is 8.39. The van der Waals surface area contributed by atoms with Crippen molar-refractivity contribution in [1.82, 2.24) is 4.98 Å². The molecule has 64 valence electrons. The molecule has 12 heavy (non-hydrogen) atoms. The van der Waals surface area contributed by atoms with Crippen LogP contribution in [0.15, 0.2) is 18.5 Å². The molecule has 0 spiro atoms. The van der Waals surface area contributed by atoms with E-state index in [4.69, 9.17) is 0 Å². The van der Waals surface area contributed by atoms with Crippen molar-refractivity contribution >= 4 is 5.69 Å². The van der Waals surface area contributed by atoms with Crippen molar-refractivity contribution in [3.63, 3.8) is 0 Å². The molecule has 2 heterocycles. The van der Waals surface area contributed by atoms with Crippen molar-refractivity contribution in [1.29, 1.82) is 0 Å². The van der Waals surface area contributed by atoms with Crippen LogP contribution >= 0.6 is 0 Å². The second-order valence-corrected chi connectivity index (χ2v) is 3.37. The number of nitrogens with zero attached hydrogens (tertiary/aromatic N) is 1. The molecule has 2 heteroatoms. The highest BCUT2D eigenvalue weighted by atomic mass is 15.0. The van der Waals surface area contributed by atoms with Gasteiger partial charge in [0.25, 0.3) is 0 Å². The fraction of sp³-hybridized carbons (Fsp3) is 0.500. The van der Waals surface area contributed by atoms with Gasteiger partial charge >= 0.3 is 0 Å². The minimum atomic E-state index is 0.647. The molecule has 0 saturated heterocycles. The number of rotatable bonds is 2. The van der Waals surface area contributed by atoms with E-state index in [0.717, 1.165) is 0 Å². The number of pyridine rings is 1. The lowest BCUT2D eigenvalue weighted by Crippen LogP contribution is -2.14. The fourth-order valence-electron chi connectivity index (χ4n) is 1.79. The Morgan fingerprint density at radius 3 is 3.33 bits per heavy atom. The van der Waals surface area contributed by atoms with Crippen molar-refractivity contribution < 1.29 is 0 Å². The molecule has 0 bridgehead atoms.